The van der Waals surface area contributed by atoms with Crippen LogP contribution in [-0.2, 0) is 69.9 Å². The first-order chi connectivity index (χ1) is 56.6. The highest BCUT2D eigenvalue weighted by Crippen LogP contribution is 2.61. The maximum atomic E-state index is 13.2. The molecular weight excluding hydrogens is 1610 g/mol. The normalized spacial score (nSPS) is 33.8. The number of ether oxygens (including phenoxy) is 9. The van der Waals surface area contributed by atoms with Crippen LogP contribution in [0.3, 0.4) is 0 Å². The molecule has 0 aromatic carbocycles. The number of hydrogen-bond donors (Lipinski definition) is 18. The Balaban J connectivity index is 1.00. The van der Waals surface area contributed by atoms with Gasteiger partial charge >= 0.3 is 21.6 Å². The van der Waals surface area contributed by atoms with Gasteiger partial charge in [-0.05, 0) is 212 Å². The molecule has 5 aliphatic rings. The van der Waals surface area contributed by atoms with Crippen molar-refractivity contribution in [3.8, 4) is 0 Å². The van der Waals surface area contributed by atoms with Gasteiger partial charge in [0.25, 0.3) is 0 Å². The first-order valence-electron chi connectivity index (χ1n) is 41.6. The molecule has 0 saturated carbocycles. The summed E-state index contributed by atoms with van der Waals surface area (Å²) in [5, 5.41) is 172. The van der Waals surface area contributed by atoms with E-state index in [-0.39, 0.29) is 0 Å². The highest BCUT2D eigenvalue weighted by molar-refractivity contribution is 7.61. The topological polar surface area (TPSA) is 526 Å². The quantitative estimate of drug-likeness (QED) is 0.0205. The van der Waals surface area contributed by atoms with E-state index in [0.29, 0.717) is 12.8 Å². The average molecular weight is 1750 g/mol. The number of rotatable bonds is 50. The van der Waals surface area contributed by atoms with Crippen LogP contribution in [0.2, 0.25) is 0 Å². The minimum Gasteiger partial charge on any atom is -0.479 e. The molecular formula is C85H140O33P2. The monoisotopic (exact) mass is 1750 g/mol. The van der Waals surface area contributed by atoms with Crippen LogP contribution in [0.1, 0.15) is 212 Å². The average Bonchev–Trinajstić information content (AvgIpc) is 0.781. The van der Waals surface area contributed by atoms with E-state index in [0.717, 1.165) is 121 Å². The SMILES string of the molecule is CC(C)=CCC/C(C)=C/CC/C(C)=C/CC/C(C)=C\CC/C(C)=C\CC/C(C)=C\CC/C(C)=C\CC/C(C)=C\CC/C(C)=C\CC/C(C)=C\CC/C(C)=C\COP(=O)(O)OP(=O)(O)O[C@H]1O[C@H](CO)[C@@H](O[C@@H]2O[C@H](CO)[C@@H](O)[C@H](O[C@H]3O[C@H](CO)[C@@H](O)[C@H](O)[C@@H]3O[C@@H]3O[C@H](C(=O)O)[C@@H](O[C@@H]4O[C@H](CO)[C@@H](O)[C@H](O)[C@@H]4O)[C@H](O)[C@H]3O)[C@H]2O)[C@H](O)[C@H]1O. The number of phosphoric acid groups is 2. The summed E-state index contributed by atoms with van der Waals surface area (Å²) in [7, 11) is -11.3. The molecule has 0 bridgehead atoms. The Labute approximate surface area is 706 Å². The summed E-state index contributed by atoms with van der Waals surface area (Å²) >= 11 is 0. The van der Waals surface area contributed by atoms with Gasteiger partial charge in [-0.15, -0.1) is 0 Å². The molecule has 688 valence electrons. The highest BCUT2D eigenvalue weighted by atomic mass is 31.3. The van der Waals surface area contributed by atoms with Crippen LogP contribution in [0.4, 0.5) is 0 Å². The second kappa shape index (κ2) is 53.5. The fraction of sp³-hybridized carbons (Fsp3) is 0.729. The maximum absolute atomic E-state index is 13.2. The third-order valence-corrected chi connectivity index (χ3v) is 24.4. The Kier molecular flexibility index (Phi) is 47.5. The number of carbonyl (C=O) groups is 1. The molecule has 0 radical (unpaired) electrons. The van der Waals surface area contributed by atoms with Gasteiger partial charge in [0.05, 0.1) is 33.0 Å². The molecule has 2 unspecified atom stereocenters. The van der Waals surface area contributed by atoms with Gasteiger partial charge in [-0.25, -0.2) is 13.9 Å². The van der Waals surface area contributed by atoms with Gasteiger partial charge < -0.3 is 134 Å². The lowest BCUT2D eigenvalue weighted by atomic mass is 9.95. The Morgan fingerprint density at radius 3 is 0.967 bits per heavy atom. The first kappa shape index (κ1) is 106. The number of aliphatic hydroxyl groups is 15. The molecule has 0 aromatic heterocycles. The lowest BCUT2D eigenvalue weighted by Crippen LogP contribution is -2.68. The number of carboxylic acid groups (broad SMARTS) is 1. The lowest BCUT2D eigenvalue weighted by Gasteiger charge is -2.49. The molecule has 5 rings (SSSR count). The fourth-order valence-electron chi connectivity index (χ4n) is 14.1. The Morgan fingerprint density at radius 1 is 0.300 bits per heavy atom. The zero-order valence-corrected chi connectivity index (χ0v) is 73.3. The Hall–Kier alpha value is -4.09. The van der Waals surface area contributed by atoms with Gasteiger partial charge in [0.2, 0.25) is 0 Å². The summed E-state index contributed by atoms with van der Waals surface area (Å²) in [4.78, 5) is 33.6. The minimum absolute atomic E-state index is 0.534. The van der Waals surface area contributed by atoms with E-state index in [1.165, 1.54) is 61.8 Å². The van der Waals surface area contributed by atoms with E-state index in [4.69, 9.17) is 51.7 Å². The number of aliphatic carboxylic acids is 1. The number of hydrogen-bond acceptors (Lipinski definition) is 30. The van der Waals surface area contributed by atoms with Gasteiger partial charge in [0.15, 0.2) is 37.6 Å². The van der Waals surface area contributed by atoms with Gasteiger partial charge in [-0.1, -0.05) is 128 Å². The highest BCUT2D eigenvalue weighted by Gasteiger charge is 2.58. The molecule has 5 saturated heterocycles. The third-order valence-electron chi connectivity index (χ3n) is 21.8. The predicted molar refractivity (Wildman–Crippen MR) is 442 cm³/mol. The van der Waals surface area contributed by atoms with Crippen molar-refractivity contribution < 1.29 is 161 Å². The van der Waals surface area contributed by atoms with Crippen LogP contribution < -0.4 is 0 Å². The van der Waals surface area contributed by atoms with Crippen molar-refractivity contribution in [2.45, 2.75) is 365 Å². The van der Waals surface area contributed by atoms with Gasteiger partial charge in [-0.2, -0.15) is 4.31 Å². The van der Waals surface area contributed by atoms with Gasteiger partial charge in [-0.3, -0.25) is 9.05 Å². The van der Waals surface area contributed by atoms with Crippen molar-refractivity contribution in [2.24, 2.45) is 0 Å². The standard InChI is InChI=1S/C85H140O33P2/c1-49(2)23-13-24-50(3)25-14-26-51(4)27-15-28-52(5)29-16-30-53(6)31-17-32-54(7)33-18-34-55(8)35-19-36-56(9)37-20-38-57(10)39-21-40-58(11)41-22-42-59(12)43-44-107-119(103,104)118-120(105,106)117-84-73(99)69(95)75(63(48-89)111-84)112-83-74(100)76(66(92)62(47-88)109-83)113-85-78(68(94)65(91)61(46-87)110-85)115-82-72(98)70(96)77(79(116-82)80(101)102)114-81-71(97)67(93)64(90)60(45-86)108-81/h23,25,27,29,31,33,35,37,39,41,43,60-79,81-100H,13-22,24,26,28,30,32,34,36,38,40,42,44-48H2,1-12H3,(H,101,102)(H,103,104)(H,105,106)/b50-25+,51-27+,52-29-,53-31-,54-33-,55-35-,56-37-,57-39-,58-41-,59-43-/t60-,61-,62-,63-,64-,65-,66-,67+,68+,69-,70-,71+,72-,73-,74-,75-,76+,77+,78+,79+,81+,82-,83+,84-,85-/m1/s1. The van der Waals surface area contributed by atoms with Crippen molar-refractivity contribution in [1.29, 1.82) is 0 Å². The summed E-state index contributed by atoms with van der Waals surface area (Å²) in [5.74, 6) is -1.93. The van der Waals surface area contributed by atoms with Crippen LogP contribution in [0.5, 0.6) is 0 Å². The van der Waals surface area contributed by atoms with E-state index in [1.807, 2.05) is 6.92 Å². The Morgan fingerprint density at radius 2 is 0.583 bits per heavy atom. The summed E-state index contributed by atoms with van der Waals surface area (Å²) < 4.78 is 90.3. The summed E-state index contributed by atoms with van der Waals surface area (Å²) in [6.45, 7) is 21.1. The van der Waals surface area contributed by atoms with Crippen LogP contribution in [0, 0.1) is 0 Å². The molecule has 33 nitrogen and oxygen atoms in total. The smallest absolute Gasteiger partial charge is 0.479 e. The molecule has 0 amide bonds. The van der Waals surface area contributed by atoms with E-state index in [2.05, 4.69) is 134 Å². The van der Waals surface area contributed by atoms with Gasteiger partial charge in [0, 0.05) is 0 Å². The summed E-state index contributed by atoms with van der Waals surface area (Å²) in [6.07, 6.45) is -9.07. The van der Waals surface area contributed by atoms with E-state index in [1.54, 1.807) is 6.92 Å². The summed E-state index contributed by atoms with van der Waals surface area (Å²) in [6, 6.07) is 0. The number of aliphatic hydroxyl groups excluding tert-OH is 15. The minimum atomic E-state index is -5.81. The molecule has 0 spiro atoms. The van der Waals surface area contributed by atoms with Crippen LogP contribution in [0.15, 0.2) is 128 Å². The molecule has 5 fully saturated rings. The van der Waals surface area contributed by atoms with Crippen LogP contribution in [0.25, 0.3) is 0 Å². The molecule has 27 atom stereocenters. The third kappa shape index (κ3) is 35.6. The molecule has 0 aromatic rings. The molecule has 5 heterocycles. The van der Waals surface area contributed by atoms with E-state index < -0.39 is 208 Å². The number of carboxylic acids is 1. The Bertz CT molecular complexity index is 3560. The summed E-state index contributed by atoms with van der Waals surface area (Å²) in [5.41, 5.74) is 14.8. The zero-order valence-electron chi connectivity index (χ0n) is 71.5. The molecule has 5 aliphatic heterocycles. The first-order valence-corrected chi connectivity index (χ1v) is 44.6. The van der Waals surface area contributed by atoms with Crippen molar-refractivity contribution in [1.82, 2.24) is 0 Å². The van der Waals surface area contributed by atoms with Crippen molar-refractivity contribution in [2.75, 3.05) is 33.0 Å². The lowest BCUT2D eigenvalue weighted by molar-refractivity contribution is -0.398. The van der Waals surface area contributed by atoms with Crippen molar-refractivity contribution in [3.05, 3.63) is 128 Å². The predicted octanol–water partition coefficient (Wildman–Crippen LogP) is 7.66. The maximum Gasteiger partial charge on any atom is 0.483 e. The molecule has 120 heavy (non-hydrogen) atoms. The van der Waals surface area contributed by atoms with Crippen molar-refractivity contribution >= 4 is 21.6 Å². The fourth-order valence-corrected chi connectivity index (χ4v) is 16.2. The largest absolute Gasteiger partial charge is 0.483 e. The number of allylic oxidation sites excluding steroid dienone is 21. The van der Waals surface area contributed by atoms with E-state index in [9.17, 15) is 105 Å². The second-order valence-electron chi connectivity index (χ2n) is 32.6. The van der Waals surface area contributed by atoms with Gasteiger partial charge in [0.1, 0.15) is 116 Å². The van der Waals surface area contributed by atoms with Crippen molar-refractivity contribution in [3.63, 3.8) is 0 Å². The van der Waals surface area contributed by atoms with Crippen LogP contribution in [-0.4, -0.2) is 284 Å². The van der Waals surface area contributed by atoms with E-state index >= 15 is 0 Å². The number of phosphoric ester groups is 2. The second-order valence-corrected chi connectivity index (χ2v) is 35.6. The molecule has 35 heteroatoms. The molecule has 0 aliphatic carbocycles. The zero-order chi connectivity index (χ0) is 89.3. The molecule has 18 N–H and O–H groups in total. The van der Waals surface area contributed by atoms with Crippen LogP contribution >= 0.6 is 15.6 Å².